The highest BCUT2D eigenvalue weighted by Gasteiger charge is 2.05. The average molecular weight is 263 g/mol. The van der Waals surface area contributed by atoms with Crippen LogP contribution in [0.2, 0.25) is 0 Å². The molecule has 3 heteroatoms. The summed E-state index contributed by atoms with van der Waals surface area (Å²) in [5.41, 5.74) is 0. The summed E-state index contributed by atoms with van der Waals surface area (Å²) < 4.78 is 4.99. The normalized spacial score (nSPS) is 12.4. The first kappa shape index (κ1) is 16.8. The van der Waals surface area contributed by atoms with E-state index >= 15 is 0 Å². The van der Waals surface area contributed by atoms with Crippen molar-refractivity contribution < 1.29 is 9.53 Å². The maximum absolute atomic E-state index is 10.8. The van der Waals surface area contributed by atoms with Gasteiger partial charge in [0, 0.05) is 0 Å². The molecule has 0 aromatic carbocycles. The number of alkyl halides is 1. The molecule has 0 N–H and O–H groups in total. The summed E-state index contributed by atoms with van der Waals surface area (Å²) in [5.74, 6) is 0.111. The van der Waals surface area contributed by atoms with Crippen LogP contribution in [0.3, 0.4) is 0 Å². The Balaban J connectivity index is 3.21. The molecule has 0 aliphatic carbocycles. The molecule has 102 valence electrons. The van der Waals surface area contributed by atoms with Gasteiger partial charge >= 0.3 is 5.97 Å². The van der Waals surface area contributed by atoms with Gasteiger partial charge in [-0.1, -0.05) is 58.8 Å². The van der Waals surface area contributed by atoms with Gasteiger partial charge in [-0.05, 0) is 12.3 Å². The Morgan fingerprint density at radius 3 is 2.29 bits per heavy atom. The molecule has 17 heavy (non-hydrogen) atoms. The van der Waals surface area contributed by atoms with Crippen molar-refractivity contribution >= 4 is 17.6 Å². The van der Waals surface area contributed by atoms with Crippen LogP contribution in [0.4, 0.5) is 0 Å². The summed E-state index contributed by atoms with van der Waals surface area (Å²) in [4.78, 5) is 10.8. The van der Waals surface area contributed by atoms with E-state index in [0.717, 1.165) is 6.42 Å². The minimum absolute atomic E-state index is 0.0376. The number of carbonyl (C=O) groups excluding carboxylic acids is 1. The van der Waals surface area contributed by atoms with Gasteiger partial charge in [0.1, 0.15) is 5.88 Å². The lowest BCUT2D eigenvalue weighted by Gasteiger charge is -2.11. The van der Waals surface area contributed by atoms with Gasteiger partial charge in [0.15, 0.2) is 0 Å². The van der Waals surface area contributed by atoms with E-state index < -0.39 is 0 Å². The summed E-state index contributed by atoms with van der Waals surface area (Å²) in [6.45, 7) is 4.88. The van der Waals surface area contributed by atoms with Crippen LogP contribution in [-0.4, -0.2) is 18.5 Å². The number of carbonyl (C=O) groups is 1. The van der Waals surface area contributed by atoms with Gasteiger partial charge in [-0.25, -0.2) is 0 Å². The van der Waals surface area contributed by atoms with Gasteiger partial charge in [0.25, 0.3) is 0 Å². The Bertz CT molecular complexity index is 183. The standard InChI is InChI=1S/C14H27ClO2/c1-3-4-5-6-7-8-9-10-13(2)12-17-14(16)11-15/h13H,3-12H2,1-2H3/t13-/m0/s1. The molecule has 0 aliphatic rings. The Morgan fingerprint density at radius 1 is 1.12 bits per heavy atom. The third-order valence-electron chi connectivity index (χ3n) is 2.94. The molecule has 0 aromatic heterocycles. The SMILES string of the molecule is CCCCCCCCC[C@H](C)COC(=O)CCl. The van der Waals surface area contributed by atoms with Crippen molar-refractivity contribution in [2.45, 2.75) is 65.2 Å². The lowest BCUT2D eigenvalue weighted by atomic mass is 10.0. The maximum atomic E-state index is 10.8. The zero-order valence-electron chi connectivity index (χ0n) is 11.3. The first-order valence-corrected chi connectivity index (χ1v) is 7.45. The smallest absolute Gasteiger partial charge is 0.320 e. The fourth-order valence-electron chi connectivity index (χ4n) is 1.81. The summed E-state index contributed by atoms with van der Waals surface area (Å²) in [5, 5.41) is 0. The van der Waals surface area contributed by atoms with Crippen LogP contribution < -0.4 is 0 Å². The highest BCUT2D eigenvalue weighted by atomic mass is 35.5. The Labute approximate surface area is 111 Å². The molecular weight excluding hydrogens is 236 g/mol. The number of esters is 1. The first-order valence-electron chi connectivity index (χ1n) is 6.92. The molecule has 0 aliphatic heterocycles. The summed E-state index contributed by atoms with van der Waals surface area (Å²) in [6.07, 6.45) is 10.4. The molecule has 0 radical (unpaired) electrons. The van der Waals surface area contributed by atoms with Crippen molar-refractivity contribution in [3.63, 3.8) is 0 Å². The summed E-state index contributed by atoms with van der Waals surface area (Å²) in [7, 11) is 0. The fourth-order valence-corrected chi connectivity index (χ4v) is 1.88. The van der Waals surface area contributed by atoms with E-state index in [1.54, 1.807) is 0 Å². The van der Waals surface area contributed by atoms with Crippen LogP contribution in [0.25, 0.3) is 0 Å². The average Bonchev–Trinajstić information content (AvgIpc) is 2.34. The van der Waals surface area contributed by atoms with Crippen LogP contribution in [0.5, 0.6) is 0 Å². The second kappa shape index (κ2) is 12.2. The Hall–Kier alpha value is -0.240. The number of ether oxygens (including phenoxy) is 1. The van der Waals surface area contributed by atoms with E-state index in [1.165, 1.54) is 44.9 Å². The molecule has 0 bridgehead atoms. The summed E-state index contributed by atoms with van der Waals surface area (Å²) in [6, 6.07) is 0. The van der Waals surface area contributed by atoms with Gasteiger partial charge in [-0.3, -0.25) is 4.79 Å². The fraction of sp³-hybridized carbons (Fsp3) is 0.929. The molecule has 0 saturated heterocycles. The molecule has 1 atom stereocenters. The quantitative estimate of drug-likeness (QED) is 0.310. The van der Waals surface area contributed by atoms with E-state index in [0.29, 0.717) is 12.5 Å². The highest BCUT2D eigenvalue weighted by Crippen LogP contribution is 2.12. The zero-order chi connectivity index (χ0) is 12.9. The van der Waals surface area contributed by atoms with E-state index in [9.17, 15) is 4.79 Å². The molecule has 0 rings (SSSR count). The Kier molecular flexibility index (Phi) is 12.1. The topological polar surface area (TPSA) is 26.3 Å². The van der Waals surface area contributed by atoms with E-state index in [1.807, 2.05) is 0 Å². The zero-order valence-corrected chi connectivity index (χ0v) is 12.1. The number of halogens is 1. The number of hydrogen-bond acceptors (Lipinski definition) is 2. The van der Waals surface area contributed by atoms with Crippen LogP contribution in [-0.2, 0) is 9.53 Å². The van der Waals surface area contributed by atoms with Crippen LogP contribution in [0.15, 0.2) is 0 Å². The second-order valence-corrected chi connectivity index (χ2v) is 5.10. The lowest BCUT2D eigenvalue weighted by Crippen LogP contribution is -2.12. The van der Waals surface area contributed by atoms with E-state index in [-0.39, 0.29) is 11.8 Å². The number of unbranched alkanes of at least 4 members (excludes halogenated alkanes) is 6. The van der Waals surface area contributed by atoms with E-state index in [4.69, 9.17) is 16.3 Å². The largest absolute Gasteiger partial charge is 0.465 e. The van der Waals surface area contributed by atoms with Gasteiger partial charge in [-0.2, -0.15) is 0 Å². The third-order valence-corrected chi connectivity index (χ3v) is 3.16. The molecule has 0 fully saturated rings. The van der Waals surface area contributed by atoms with Crippen molar-refractivity contribution in [3.05, 3.63) is 0 Å². The summed E-state index contributed by atoms with van der Waals surface area (Å²) >= 11 is 5.35. The van der Waals surface area contributed by atoms with Crippen LogP contribution >= 0.6 is 11.6 Å². The molecule has 0 saturated carbocycles. The maximum Gasteiger partial charge on any atom is 0.320 e. The second-order valence-electron chi connectivity index (χ2n) is 4.83. The molecule has 0 heterocycles. The lowest BCUT2D eigenvalue weighted by molar-refractivity contribution is -0.141. The van der Waals surface area contributed by atoms with Crippen molar-refractivity contribution in [2.24, 2.45) is 5.92 Å². The van der Waals surface area contributed by atoms with Gasteiger partial charge < -0.3 is 4.74 Å². The van der Waals surface area contributed by atoms with Crippen molar-refractivity contribution in [2.75, 3.05) is 12.5 Å². The monoisotopic (exact) mass is 262 g/mol. The third kappa shape index (κ3) is 12.0. The molecule has 0 aromatic rings. The van der Waals surface area contributed by atoms with Crippen molar-refractivity contribution in [1.82, 2.24) is 0 Å². The highest BCUT2D eigenvalue weighted by molar-refractivity contribution is 6.26. The van der Waals surface area contributed by atoms with Gasteiger partial charge in [0.05, 0.1) is 6.61 Å². The van der Waals surface area contributed by atoms with Crippen molar-refractivity contribution in [3.8, 4) is 0 Å². The minimum atomic E-state index is -0.307. The van der Waals surface area contributed by atoms with Crippen LogP contribution in [0.1, 0.15) is 65.2 Å². The first-order chi connectivity index (χ1) is 8.20. The van der Waals surface area contributed by atoms with E-state index in [2.05, 4.69) is 13.8 Å². The van der Waals surface area contributed by atoms with Crippen molar-refractivity contribution in [1.29, 1.82) is 0 Å². The molecule has 0 unspecified atom stereocenters. The molecule has 0 spiro atoms. The van der Waals surface area contributed by atoms with Gasteiger partial charge in [-0.15, -0.1) is 11.6 Å². The number of rotatable bonds is 11. The molecule has 0 amide bonds. The van der Waals surface area contributed by atoms with Gasteiger partial charge in [0.2, 0.25) is 0 Å². The molecule has 2 nitrogen and oxygen atoms in total. The predicted molar refractivity (Wildman–Crippen MR) is 73.5 cm³/mol. The number of hydrogen-bond donors (Lipinski definition) is 0. The predicted octanol–water partition coefficient (Wildman–Crippen LogP) is 4.55. The Morgan fingerprint density at radius 2 is 1.71 bits per heavy atom. The minimum Gasteiger partial charge on any atom is -0.465 e. The van der Waals surface area contributed by atoms with Crippen LogP contribution in [0, 0.1) is 5.92 Å². The molecular formula is C14H27ClO2.